The monoisotopic (exact) mass is 170 g/mol. The van der Waals surface area contributed by atoms with E-state index in [1.54, 1.807) is 17.8 Å². The van der Waals surface area contributed by atoms with Crippen LogP contribution in [0.1, 0.15) is 27.2 Å². The van der Waals surface area contributed by atoms with Gasteiger partial charge in [-0.2, -0.15) is 0 Å². The summed E-state index contributed by atoms with van der Waals surface area (Å²) >= 11 is 1.77. The van der Waals surface area contributed by atoms with E-state index in [4.69, 9.17) is 0 Å². The molecule has 0 fully saturated rings. The molecule has 1 aliphatic heterocycles. The first-order chi connectivity index (χ1) is 5.00. The summed E-state index contributed by atoms with van der Waals surface area (Å²) in [4.78, 5) is 11.0. The topological polar surface area (TPSA) is 17.1 Å². The summed E-state index contributed by atoms with van der Waals surface area (Å²) in [6, 6.07) is 0. The molecule has 1 nitrogen and oxygen atoms in total. The zero-order chi connectivity index (χ0) is 8.48. The van der Waals surface area contributed by atoms with Crippen LogP contribution in [0.5, 0.6) is 0 Å². The third-order valence-corrected chi connectivity index (χ3v) is 3.34. The van der Waals surface area contributed by atoms with Crippen LogP contribution in [0, 0.1) is 5.41 Å². The Bertz CT molecular complexity index is 188. The minimum atomic E-state index is 0.241. The highest BCUT2D eigenvalue weighted by Gasteiger charge is 2.27. The number of hydrogen-bond acceptors (Lipinski definition) is 2. The summed E-state index contributed by atoms with van der Waals surface area (Å²) < 4.78 is 0. The quantitative estimate of drug-likeness (QED) is 0.556. The van der Waals surface area contributed by atoms with E-state index >= 15 is 0 Å². The second-order valence-electron chi connectivity index (χ2n) is 3.96. The van der Waals surface area contributed by atoms with Crippen LogP contribution in [-0.4, -0.2) is 11.0 Å². The van der Waals surface area contributed by atoms with Crippen LogP contribution in [0.2, 0.25) is 0 Å². The fourth-order valence-electron chi connectivity index (χ4n) is 1.02. The van der Waals surface area contributed by atoms with Gasteiger partial charge in [-0.3, -0.25) is 4.79 Å². The molecule has 0 aromatic carbocycles. The molecule has 0 bridgehead atoms. The highest BCUT2D eigenvalue weighted by atomic mass is 32.2. The third kappa shape index (κ3) is 2.37. The number of ketones is 1. The zero-order valence-corrected chi connectivity index (χ0v) is 8.07. The average molecular weight is 170 g/mol. The Balaban J connectivity index is 2.64. The van der Waals surface area contributed by atoms with Crippen molar-refractivity contribution in [3.63, 3.8) is 0 Å². The van der Waals surface area contributed by atoms with Gasteiger partial charge in [0.1, 0.15) is 0 Å². The Kier molecular flexibility index (Phi) is 2.43. The SMILES string of the molecule is CC(C)(C)C1CC(=O)C=CS1. The first-order valence-electron chi connectivity index (χ1n) is 3.85. The number of rotatable bonds is 0. The maximum absolute atomic E-state index is 11.0. The van der Waals surface area contributed by atoms with Crippen molar-refractivity contribution in [2.45, 2.75) is 32.4 Å². The summed E-state index contributed by atoms with van der Waals surface area (Å²) in [7, 11) is 0. The van der Waals surface area contributed by atoms with Crippen molar-refractivity contribution in [3.05, 3.63) is 11.5 Å². The van der Waals surface area contributed by atoms with Crippen molar-refractivity contribution in [3.8, 4) is 0 Å². The van der Waals surface area contributed by atoms with E-state index in [0.29, 0.717) is 11.7 Å². The first-order valence-corrected chi connectivity index (χ1v) is 4.79. The van der Waals surface area contributed by atoms with E-state index < -0.39 is 0 Å². The molecule has 0 spiro atoms. The number of carbonyl (C=O) groups is 1. The Hall–Kier alpha value is -0.240. The van der Waals surface area contributed by atoms with Crippen molar-refractivity contribution in [2.24, 2.45) is 5.41 Å². The van der Waals surface area contributed by atoms with Gasteiger partial charge in [0.15, 0.2) is 5.78 Å². The highest BCUT2D eigenvalue weighted by Crippen LogP contribution is 2.35. The van der Waals surface area contributed by atoms with Crippen LogP contribution in [0.25, 0.3) is 0 Å². The lowest BCUT2D eigenvalue weighted by Crippen LogP contribution is -2.26. The lowest BCUT2D eigenvalue weighted by Gasteiger charge is -2.29. The summed E-state index contributed by atoms with van der Waals surface area (Å²) in [5.74, 6) is 0.267. The molecule has 0 aromatic rings. The molecule has 11 heavy (non-hydrogen) atoms. The molecule has 0 radical (unpaired) electrons. The molecule has 1 unspecified atom stereocenters. The summed E-state index contributed by atoms with van der Waals surface area (Å²) in [5, 5.41) is 2.38. The lowest BCUT2D eigenvalue weighted by atomic mass is 9.88. The predicted octanol–water partition coefficient (Wildman–Crippen LogP) is 2.62. The molecule has 1 heterocycles. The maximum atomic E-state index is 11.0. The molecular weight excluding hydrogens is 156 g/mol. The van der Waals surface area contributed by atoms with E-state index in [-0.39, 0.29) is 11.2 Å². The van der Waals surface area contributed by atoms with Crippen LogP contribution in [-0.2, 0) is 4.79 Å². The number of carbonyl (C=O) groups excluding carboxylic acids is 1. The van der Waals surface area contributed by atoms with Gasteiger partial charge in [-0.15, -0.1) is 11.8 Å². The normalized spacial score (nSPS) is 25.7. The molecule has 2 heteroatoms. The molecule has 0 amide bonds. The third-order valence-electron chi connectivity index (χ3n) is 1.85. The summed E-state index contributed by atoms with van der Waals surface area (Å²) in [6.07, 6.45) is 2.37. The van der Waals surface area contributed by atoms with Gasteiger partial charge in [-0.1, -0.05) is 20.8 Å². The van der Waals surface area contributed by atoms with Crippen molar-refractivity contribution >= 4 is 17.5 Å². The molecule has 0 saturated carbocycles. The van der Waals surface area contributed by atoms with Crippen molar-refractivity contribution < 1.29 is 4.79 Å². The van der Waals surface area contributed by atoms with Gasteiger partial charge in [-0.05, 0) is 16.9 Å². The number of thioether (sulfide) groups is 1. The molecule has 1 aliphatic rings. The number of hydrogen-bond donors (Lipinski definition) is 0. The second-order valence-corrected chi connectivity index (χ2v) is 5.08. The molecule has 62 valence electrons. The molecule has 1 rings (SSSR count). The van der Waals surface area contributed by atoms with Crippen molar-refractivity contribution in [1.29, 1.82) is 0 Å². The van der Waals surface area contributed by atoms with Crippen molar-refractivity contribution in [2.75, 3.05) is 0 Å². The minimum Gasteiger partial charge on any atom is -0.295 e. The molecule has 0 aliphatic carbocycles. The van der Waals surface area contributed by atoms with Gasteiger partial charge < -0.3 is 0 Å². The number of allylic oxidation sites excluding steroid dienone is 1. The van der Waals surface area contributed by atoms with Gasteiger partial charge in [0.25, 0.3) is 0 Å². The fourth-order valence-corrected chi connectivity index (χ4v) is 2.11. The molecular formula is C9H14OS. The zero-order valence-electron chi connectivity index (χ0n) is 7.26. The van der Waals surface area contributed by atoms with Crippen LogP contribution in [0.3, 0.4) is 0 Å². The first kappa shape index (κ1) is 8.85. The van der Waals surface area contributed by atoms with Gasteiger partial charge in [-0.25, -0.2) is 0 Å². The second kappa shape index (κ2) is 3.02. The van der Waals surface area contributed by atoms with Crippen LogP contribution < -0.4 is 0 Å². The maximum Gasteiger partial charge on any atom is 0.157 e. The molecule has 1 atom stereocenters. The molecule has 0 saturated heterocycles. The van der Waals surface area contributed by atoms with E-state index in [9.17, 15) is 4.79 Å². The van der Waals surface area contributed by atoms with Gasteiger partial charge in [0.05, 0.1) is 0 Å². The van der Waals surface area contributed by atoms with Crippen LogP contribution >= 0.6 is 11.8 Å². The van der Waals surface area contributed by atoms with Crippen LogP contribution in [0.15, 0.2) is 11.5 Å². The Morgan fingerprint density at radius 3 is 2.55 bits per heavy atom. The molecule has 0 aromatic heterocycles. The van der Waals surface area contributed by atoms with Crippen molar-refractivity contribution in [1.82, 2.24) is 0 Å². The lowest BCUT2D eigenvalue weighted by molar-refractivity contribution is -0.115. The average Bonchev–Trinajstić information content (AvgIpc) is 1.86. The smallest absolute Gasteiger partial charge is 0.157 e. The van der Waals surface area contributed by atoms with Gasteiger partial charge in [0, 0.05) is 11.7 Å². The molecule has 0 N–H and O–H groups in total. The minimum absolute atomic E-state index is 0.241. The summed E-state index contributed by atoms with van der Waals surface area (Å²) in [6.45, 7) is 6.53. The van der Waals surface area contributed by atoms with E-state index in [1.807, 2.05) is 5.41 Å². The largest absolute Gasteiger partial charge is 0.295 e. The summed E-state index contributed by atoms with van der Waals surface area (Å²) in [5.41, 5.74) is 0.241. The Labute approximate surface area is 72.2 Å². The fraction of sp³-hybridized carbons (Fsp3) is 0.667. The van der Waals surface area contributed by atoms with Gasteiger partial charge >= 0.3 is 0 Å². The highest BCUT2D eigenvalue weighted by molar-refractivity contribution is 8.02. The Morgan fingerprint density at radius 2 is 2.18 bits per heavy atom. The van der Waals surface area contributed by atoms with E-state index in [0.717, 1.165) is 0 Å². The predicted molar refractivity (Wildman–Crippen MR) is 49.6 cm³/mol. The Morgan fingerprint density at radius 1 is 1.55 bits per heavy atom. The van der Waals surface area contributed by atoms with Gasteiger partial charge in [0.2, 0.25) is 0 Å². The standard InChI is InChI=1S/C9H14OS/c1-9(2,3)8-6-7(10)4-5-11-8/h4-5,8H,6H2,1-3H3. The van der Waals surface area contributed by atoms with E-state index in [2.05, 4.69) is 20.8 Å². The van der Waals surface area contributed by atoms with Crippen LogP contribution in [0.4, 0.5) is 0 Å². The van der Waals surface area contributed by atoms with E-state index in [1.165, 1.54) is 0 Å².